The molecule has 31 heavy (non-hydrogen) atoms. The Morgan fingerprint density at radius 1 is 1.26 bits per heavy atom. The summed E-state index contributed by atoms with van der Waals surface area (Å²) in [5.41, 5.74) is 4.64. The minimum atomic E-state index is -0.257. The quantitative estimate of drug-likeness (QED) is 0.448. The van der Waals surface area contributed by atoms with E-state index in [2.05, 4.69) is 35.9 Å². The van der Waals surface area contributed by atoms with E-state index in [1.807, 2.05) is 12.1 Å². The summed E-state index contributed by atoms with van der Waals surface area (Å²) in [6, 6.07) is 5.44. The molecule has 0 saturated carbocycles. The standard InChI is InChI=1S/C25H30BrNO4/c1-4-14(10-16-11-17(26)7-8-20(16)28)6-9-21-22-15(5-2)12-18-23(19(22)13-31-21)25(30)27(3)24(18)29/h7-8,10-11,18-19,21,23,28H,4-6,9,12-13H2,1-3H3/b14-10+/t18-,19+,21-,23-/m1/s1. The molecule has 2 amide bonds. The van der Waals surface area contributed by atoms with Gasteiger partial charge in [-0.25, -0.2) is 0 Å². The van der Waals surface area contributed by atoms with Crippen molar-refractivity contribution in [2.45, 2.75) is 52.1 Å². The molecule has 0 spiro atoms. The molecule has 0 aromatic heterocycles. The number of halogens is 1. The topological polar surface area (TPSA) is 66.8 Å². The summed E-state index contributed by atoms with van der Waals surface area (Å²) in [5.74, 6) is -0.246. The van der Waals surface area contributed by atoms with Gasteiger partial charge >= 0.3 is 0 Å². The minimum absolute atomic E-state index is 0.000708. The maximum atomic E-state index is 12.8. The number of carbonyl (C=O) groups is 2. The van der Waals surface area contributed by atoms with Crippen LogP contribution in [0.15, 0.2) is 39.4 Å². The Morgan fingerprint density at radius 3 is 2.74 bits per heavy atom. The molecule has 2 saturated heterocycles. The van der Waals surface area contributed by atoms with Gasteiger partial charge in [0.25, 0.3) is 0 Å². The number of hydrogen-bond donors (Lipinski definition) is 1. The molecule has 6 heteroatoms. The van der Waals surface area contributed by atoms with Crippen LogP contribution >= 0.6 is 15.9 Å². The van der Waals surface area contributed by atoms with Crippen LogP contribution in [0.4, 0.5) is 0 Å². The molecule has 2 aliphatic heterocycles. The average Bonchev–Trinajstić information content (AvgIpc) is 3.28. The fourth-order valence-electron chi connectivity index (χ4n) is 5.50. The lowest BCUT2D eigenvalue weighted by atomic mass is 9.69. The molecular formula is C25H30BrNO4. The van der Waals surface area contributed by atoms with Crippen molar-refractivity contribution in [2.24, 2.45) is 17.8 Å². The van der Waals surface area contributed by atoms with Crippen molar-refractivity contribution in [3.05, 3.63) is 45.0 Å². The number of ether oxygens (including phenoxy) is 1. The van der Waals surface area contributed by atoms with E-state index in [1.165, 1.54) is 21.6 Å². The molecule has 1 aromatic rings. The van der Waals surface area contributed by atoms with Crippen LogP contribution in [0.2, 0.25) is 0 Å². The Bertz CT molecular complexity index is 966. The first kappa shape index (κ1) is 22.3. The molecule has 166 valence electrons. The number of amides is 2. The van der Waals surface area contributed by atoms with Crippen LogP contribution in [-0.4, -0.2) is 41.6 Å². The molecule has 0 bridgehead atoms. The van der Waals surface area contributed by atoms with Crippen LogP contribution < -0.4 is 0 Å². The van der Waals surface area contributed by atoms with Gasteiger partial charge in [-0.15, -0.1) is 0 Å². The van der Waals surface area contributed by atoms with Gasteiger partial charge in [-0.1, -0.05) is 47.0 Å². The molecule has 2 heterocycles. The van der Waals surface area contributed by atoms with Crippen molar-refractivity contribution in [1.82, 2.24) is 4.90 Å². The van der Waals surface area contributed by atoms with Crippen molar-refractivity contribution in [1.29, 1.82) is 0 Å². The number of phenols is 1. The predicted molar refractivity (Wildman–Crippen MR) is 123 cm³/mol. The molecule has 5 nitrogen and oxygen atoms in total. The monoisotopic (exact) mass is 487 g/mol. The Kier molecular flexibility index (Phi) is 6.40. The Morgan fingerprint density at radius 2 is 2.03 bits per heavy atom. The fraction of sp³-hybridized carbons (Fsp3) is 0.520. The first-order chi connectivity index (χ1) is 14.8. The number of hydrogen-bond acceptors (Lipinski definition) is 4. The summed E-state index contributed by atoms with van der Waals surface area (Å²) < 4.78 is 7.16. The number of benzene rings is 1. The zero-order chi connectivity index (χ0) is 22.3. The largest absolute Gasteiger partial charge is 0.507 e. The Labute approximate surface area is 192 Å². The molecular weight excluding hydrogens is 458 g/mol. The number of carbonyl (C=O) groups excluding carboxylic acids is 2. The Hall–Kier alpha value is -1.92. The molecule has 2 fully saturated rings. The number of imide groups is 1. The lowest BCUT2D eigenvalue weighted by molar-refractivity contribution is -0.138. The van der Waals surface area contributed by atoms with Crippen LogP contribution in [-0.2, 0) is 14.3 Å². The van der Waals surface area contributed by atoms with E-state index in [0.29, 0.717) is 13.0 Å². The summed E-state index contributed by atoms with van der Waals surface area (Å²) in [7, 11) is 1.61. The van der Waals surface area contributed by atoms with Gasteiger partial charge in [-0.3, -0.25) is 14.5 Å². The normalized spacial score (nSPS) is 28.4. The van der Waals surface area contributed by atoms with Gasteiger partial charge < -0.3 is 9.84 Å². The maximum Gasteiger partial charge on any atom is 0.233 e. The summed E-state index contributed by atoms with van der Waals surface area (Å²) in [6.07, 6.45) is 6.24. The lowest BCUT2D eigenvalue weighted by Crippen LogP contribution is -2.33. The smallest absolute Gasteiger partial charge is 0.233 e. The van der Waals surface area contributed by atoms with Gasteiger partial charge in [0.1, 0.15) is 5.75 Å². The first-order valence-corrected chi connectivity index (χ1v) is 12.0. The molecule has 0 unspecified atom stereocenters. The van der Waals surface area contributed by atoms with E-state index < -0.39 is 0 Å². The van der Waals surface area contributed by atoms with E-state index in [9.17, 15) is 14.7 Å². The van der Waals surface area contributed by atoms with Crippen molar-refractivity contribution >= 4 is 33.8 Å². The molecule has 3 aliphatic rings. The van der Waals surface area contributed by atoms with E-state index >= 15 is 0 Å². The summed E-state index contributed by atoms with van der Waals surface area (Å²) in [4.78, 5) is 26.7. The Balaban J connectivity index is 1.54. The lowest BCUT2D eigenvalue weighted by Gasteiger charge is -2.31. The first-order valence-electron chi connectivity index (χ1n) is 11.2. The van der Waals surface area contributed by atoms with Gasteiger partial charge in [0, 0.05) is 23.0 Å². The highest BCUT2D eigenvalue weighted by molar-refractivity contribution is 9.10. The number of aromatic hydroxyl groups is 1. The summed E-state index contributed by atoms with van der Waals surface area (Å²) in [5, 5.41) is 10.2. The van der Waals surface area contributed by atoms with Gasteiger partial charge in [0.2, 0.25) is 11.8 Å². The second-order valence-electron chi connectivity index (χ2n) is 8.81. The van der Waals surface area contributed by atoms with Crippen molar-refractivity contribution in [3.63, 3.8) is 0 Å². The zero-order valence-corrected chi connectivity index (χ0v) is 19.9. The predicted octanol–water partition coefficient (Wildman–Crippen LogP) is 5.08. The zero-order valence-electron chi connectivity index (χ0n) is 18.4. The fourth-order valence-corrected chi connectivity index (χ4v) is 5.88. The summed E-state index contributed by atoms with van der Waals surface area (Å²) >= 11 is 3.47. The number of allylic oxidation sites excluding steroid dienone is 2. The number of nitrogens with zero attached hydrogens (tertiary/aromatic N) is 1. The van der Waals surface area contributed by atoms with Crippen LogP contribution in [0, 0.1) is 17.8 Å². The van der Waals surface area contributed by atoms with Crippen LogP contribution in [0.5, 0.6) is 5.75 Å². The third kappa shape index (κ3) is 4.00. The second-order valence-corrected chi connectivity index (χ2v) is 9.73. The maximum absolute atomic E-state index is 12.8. The highest BCUT2D eigenvalue weighted by Gasteiger charge is 2.55. The molecule has 4 atom stereocenters. The molecule has 1 N–H and O–H groups in total. The SMILES string of the molecule is CCC1=C2[C@@H](CC/C(=C/c3cc(Br)ccc3O)CC)OC[C@@H]2[C@@H]2C(=O)N(C)C(=O)[C@@H]2C1. The van der Waals surface area contributed by atoms with Gasteiger partial charge in [0.15, 0.2) is 0 Å². The second kappa shape index (κ2) is 8.91. The van der Waals surface area contributed by atoms with Gasteiger partial charge in [0.05, 0.1) is 24.5 Å². The number of phenolic OH excluding ortho intramolecular Hbond substituents is 1. The number of fused-ring (bicyclic) bond motifs is 3. The summed E-state index contributed by atoms with van der Waals surface area (Å²) in [6.45, 7) is 4.78. The van der Waals surface area contributed by atoms with E-state index in [0.717, 1.165) is 35.7 Å². The van der Waals surface area contributed by atoms with E-state index in [-0.39, 0.29) is 41.4 Å². The number of rotatable bonds is 6. The third-order valence-electron chi connectivity index (χ3n) is 7.19. The third-order valence-corrected chi connectivity index (χ3v) is 7.68. The van der Waals surface area contributed by atoms with Crippen molar-refractivity contribution in [2.75, 3.05) is 13.7 Å². The highest BCUT2D eigenvalue weighted by atomic mass is 79.9. The van der Waals surface area contributed by atoms with Gasteiger partial charge in [-0.05, 0) is 55.9 Å². The average molecular weight is 488 g/mol. The van der Waals surface area contributed by atoms with Crippen LogP contribution in [0.25, 0.3) is 6.08 Å². The van der Waals surface area contributed by atoms with Crippen molar-refractivity contribution in [3.8, 4) is 5.75 Å². The van der Waals surface area contributed by atoms with E-state index in [1.54, 1.807) is 13.1 Å². The van der Waals surface area contributed by atoms with Crippen LogP contribution in [0.3, 0.4) is 0 Å². The number of likely N-dealkylation sites (tertiary alicyclic amines) is 1. The van der Waals surface area contributed by atoms with Crippen LogP contribution in [0.1, 0.15) is 51.5 Å². The molecule has 1 aliphatic carbocycles. The minimum Gasteiger partial charge on any atom is -0.507 e. The highest BCUT2D eigenvalue weighted by Crippen LogP contribution is 2.50. The van der Waals surface area contributed by atoms with E-state index in [4.69, 9.17) is 4.74 Å². The van der Waals surface area contributed by atoms with Crippen molar-refractivity contribution < 1.29 is 19.4 Å². The molecule has 0 radical (unpaired) electrons. The van der Waals surface area contributed by atoms with Gasteiger partial charge in [-0.2, -0.15) is 0 Å². The molecule has 1 aromatic carbocycles. The molecule has 4 rings (SSSR count).